The molecule has 0 N–H and O–H groups in total. The third kappa shape index (κ3) is 4.00. The van der Waals surface area contributed by atoms with E-state index >= 15 is 4.79 Å². The summed E-state index contributed by atoms with van der Waals surface area (Å²) in [5, 5.41) is 0. The van der Waals surface area contributed by atoms with Crippen LogP contribution in [-0.4, -0.2) is 18.4 Å². The first kappa shape index (κ1) is 26.2. The van der Waals surface area contributed by atoms with Gasteiger partial charge in [-0.2, -0.15) is 0 Å². The number of likely N-dealkylation sites (N-methyl/N-ethyl adjacent to an activating group) is 1. The van der Waals surface area contributed by atoms with E-state index in [1.54, 1.807) is 0 Å². The second-order valence-electron chi connectivity index (χ2n) is 11.8. The molecule has 3 aliphatic rings. The predicted octanol–water partition coefficient (Wildman–Crippen LogP) is 9.52. The van der Waals surface area contributed by atoms with Crippen LogP contribution in [-0.2, 0) is 5.41 Å². The largest absolute Gasteiger partial charge is 0.363 e. The Balaban J connectivity index is 1.58. The molecule has 3 heteroatoms. The van der Waals surface area contributed by atoms with Gasteiger partial charge in [0.2, 0.25) is 0 Å². The number of carbonyl (C=O) groups is 1. The lowest BCUT2D eigenvalue weighted by molar-refractivity contribution is 0.0841. The van der Waals surface area contributed by atoms with E-state index in [-0.39, 0.29) is 17.1 Å². The first-order chi connectivity index (χ1) is 20.0. The molecule has 2 nitrogen and oxygen atoms in total. The Bertz CT molecular complexity index is 1650. The Hall–Kier alpha value is -3.69. The summed E-state index contributed by atoms with van der Waals surface area (Å²) in [7, 11) is 2.23. The number of hydrogen-bond acceptors (Lipinski definition) is 2. The van der Waals surface area contributed by atoms with Crippen LogP contribution in [0.1, 0.15) is 59.2 Å². The Morgan fingerprint density at radius 1 is 0.780 bits per heavy atom. The summed E-state index contributed by atoms with van der Waals surface area (Å²) >= 11 is 3.81. The van der Waals surface area contributed by atoms with Gasteiger partial charge < -0.3 is 4.90 Å². The SMILES string of the molecule is CN1c2ccc(Br)cc2C2(CCCCC2)[C@@]12C=C(c1ccccc1)C=C(c1ccccc1)[C@H]2C(=O)c1ccccc1. The van der Waals surface area contributed by atoms with E-state index in [0.717, 1.165) is 46.9 Å². The molecule has 7 rings (SSSR count). The number of Topliss-reactive ketones (excluding diaryl/α,β-unsaturated/α-hetero) is 1. The lowest BCUT2D eigenvalue weighted by Gasteiger charge is -2.56. The van der Waals surface area contributed by atoms with Crippen LogP contribution < -0.4 is 4.90 Å². The summed E-state index contributed by atoms with van der Waals surface area (Å²) in [6, 6.07) is 38.0. The van der Waals surface area contributed by atoms with Crippen molar-refractivity contribution in [3.63, 3.8) is 0 Å². The molecular formula is C38H34BrNO. The maximum atomic E-state index is 15.1. The smallest absolute Gasteiger partial charge is 0.173 e. The van der Waals surface area contributed by atoms with Crippen LogP contribution in [0.25, 0.3) is 11.1 Å². The first-order valence-electron chi connectivity index (χ1n) is 14.7. The van der Waals surface area contributed by atoms with E-state index in [9.17, 15) is 0 Å². The Morgan fingerprint density at radius 3 is 2.05 bits per heavy atom. The van der Waals surface area contributed by atoms with E-state index < -0.39 is 5.54 Å². The van der Waals surface area contributed by atoms with Crippen molar-refractivity contribution in [2.75, 3.05) is 11.9 Å². The van der Waals surface area contributed by atoms with Gasteiger partial charge >= 0.3 is 0 Å². The molecule has 41 heavy (non-hydrogen) atoms. The highest BCUT2D eigenvalue weighted by atomic mass is 79.9. The van der Waals surface area contributed by atoms with E-state index in [2.05, 4.69) is 119 Å². The van der Waals surface area contributed by atoms with E-state index in [0.29, 0.717) is 0 Å². The molecule has 4 aromatic carbocycles. The minimum Gasteiger partial charge on any atom is -0.363 e. The average molecular weight is 601 g/mol. The highest BCUT2D eigenvalue weighted by Crippen LogP contribution is 2.65. The molecule has 0 aromatic heterocycles. The number of carbonyl (C=O) groups excluding carboxylic acids is 1. The number of allylic oxidation sites excluding steroid dienone is 2. The summed E-state index contributed by atoms with van der Waals surface area (Å²) in [6.07, 6.45) is 10.4. The van der Waals surface area contributed by atoms with Crippen molar-refractivity contribution in [2.24, 2.45) is 5.92 Å². The minimum absolute atomic E-state index is 0.188. The zero-order chi connectivity index (χ0) is 28.0. The Labute approximate surface area is 251 Å². The number of halogens is 1. The zero-order valence-corrected chi connectivity index (χ0v) is 25.0. The maximum Gasteiger partial charge on any atom is 0.173 e. The summed E-state index contributed by atoms with van der Waals surface area (Å²) in [4.78, 5) is 17.5. The summed E-state index contributed by atoms with van der Waals surface area (Å²) in [5.41, 5.74) is 7.18. The monoisotopic (exact) mass is 599 g/mol. The van der Waals surface area contributed by atoms with Gasteiger partial charge in [-0.05, 0) is 71.0 Å². The van der Waals surface area contributed by atoms with Gasteiger partial charge in [-0.3, -0.25) is 4.79 Å². The van der Waals surface area contributed by atoms with Gasteiger partial charge in [-0.1, -0.05) is 126 Å². The number of fused-ring (bicyclic) bond motifs is 3. The zero-order valence-electron chi connectivity index (χ0n) is 23.4. The van der Waals surface area contributed by atoms with E-state index in [4.69, 9.17) is 0 Å². The molecule has 1 fully saturated rings. The number of benzene rings is 4. The Kier molecular flexibility index (Phi) is 6.59. The molecule has 0 saturated heterocycles. The second-order valence-corrected chi connectivity index (χ2v) is 12.7. The molecule has 0 amide bonds. The van der Waals surface area contributed by atoms with Gasteiger partial charge in [0.15, 0.2) is 5.78 Å². The summed E-state index contributed by atoms with van der Waals surface area (Å²) < 4.78 is 1.10. The molecule has 1 heterocycles. The normalized spacial score (nSPS) is 22.8. The van der Waals surface area contributed by atoms with Crippen molar-refractivity contribution in [3.05, 3.63) is 148 Å². The maximum absolute atomic E-state index is 15.1. The molecule has 0 radical (unpaired) electrons. The number of rotatable bonds is 4. The molecule has 2 aliphatic carbocycles. The first-order valence-corrected chi connectivity index (χ1v) is 15.5. The van der Waals surface area contributed by atoms with Crippen LogP contribution >= 0.6 is 15.9 Å². The van der Waals surface area contributed by atoms with Crippen LogP contribution in [0, 0.1) is 5.92 Å². The van der Waals surface area contributed by atoms with Crippen LogP contribution in [0.3, 0.4) is 0 Å². The van der Waals surface area contributed by atoms with Crippen molar-refractivity contribution in [1.29, 1.82) is 0 Å². The molecular weight excluding hydrogens is 566 g/mol. The molecule has 2 spiro atoms. The second kappa shape index (κ2) is 10.3. The van der Waals surface area contributed by atoms with Gasteiger partial charge in [0, 0.05) is 28.2 Å². The highest BCUT2D eigenvalue weighted by molar-refractivity contribution is 9.10. The lowest BCUT2D eigenvalue weighted by Crippen LogP contribution is -2.63. The molecule has 0 unspecified atom stereocenters. The molecule has 4 aromatic rings. The molecule has 1 aliphatic heterocycles. The van der Waals surface area contributed by atoms with Crippen molar-refractivity contribution >= 4 is 38.5 Å². The number of hydrogen-bond donors (Lipinski definition) is 0. The molecule has 1 saturated carbocycles. The molecule has 204 valence electrons. The fourth-order valence-corrected chi connectivity index (χ4v) is 8.45. The summed E-state index contributed by atoms with van der Waals surface area (Å²) in [5.74, 6) is -0.193. The number of anilines is 1. The van der Waals surface area contributed by atoms with Crippen LogP contribution in [0.5, 0.6) is 0 Å². The van der Waals surface area contributed by atoms with Crippen molar-refractivity contribution < 1.29 is 4.79 Å². The highest BCUT2D eigenvalue weighted by Gasteiger charge is 2.65. The topological polar surface area (TPSA) is 20.3 Å². The standard InChI is InChI=1S/C38H34BrNO/c1-40-34-21-20-31(39)25-33(34)37(22-12-5-13-23-37)38(40)26-30(27-14-6-2-7-15-27)24-32(28-16-8-3-9-17-28)35(38)36(41)29-18-10-4-11-19-29/h2-4,6-11,14-21,24-26,35H,5,12-13,22-23H2,1H3/t35-,38-/m0/s1. The van der Waals surface area contributed by atoms with Gasteiger partial charge in [0.25, 0.3) is 0 Å². The third-order valence-electron chi connectivity index (χ3n) is 9.84. The lowest BCUT2D eigenvalue weighted by atomic mass is 9.51. The molecule has 2 atom stereocenters. The third-order valence-corrected chi connectivity index (χ3v) is 10.3. The minimum atomic E-state index is -0.575. The Morgan fingerprint density at radius 2 is 1.39 bits per heavy atom. The summed E-state index contributed by atoms with van der Waals surface area (Å²) in [6.45, 7) is 0. The fourth-order valence-electron chi connectivity index (χ4n) is 8.09. The average Bonchev–Trinajstić information content (AvgIpc) is 3.21. The van der Waals surface area contributed by atoms with Crippen molar-refractivity contribution in [1.82, 2.24) is 0 Å². The van der Waals surface area contributed by atoms with Crippen LogP contribution in [0.4, 0.5) is 5.69 Å². The number of nitrogens with zero attached hydrogens (tertiary/aromatic N) is 1. The van der Waals surface area contributed by atoms with Crippen molar-refractivity contribution in [2.45, 2.75) is 43.1 Å². The van der Waals surface area contributed by atoms with E-state index in [1.807, 2.05) is 30.3 Å². The van der Waals surface area contributed by atoms with Gasteiger partial charge in [0.05, 0.1) is 11.5 Å². The van der Waals surface area contributed by atoms with Crippen molar-refractivity contribution in [3.8, 4) is 0 Å². The predicted molar refractivity (Wildman–Crippen MR) is 173 cm³/mol. The number of ketones is 1. The quantitative estimate of drug-likeness (QED) is 0.218. The van der Waals surface area contributed by atoms with Crippen LogP contribution in [0.15, 0.2) is 126 Å². The fraction of sp³-hybridized carbons (Fsp3) is 0.237. The molecule has 0 bridgehead atoms. The van der Waals surface area contributed by atoms with Crippen LogP contribution in [0.2, 0.25) is 0 Å². The van der Waals surface area contributed by atoms with E-state index in [1.165, 1.54) is 28.8 Å². The van der Waals surface area contributed by atoms with Gasteiger partial charge in [0.1, 0.15) is 0 Å². The van der Waals surface area contributed by atoms with Gasteiger partial charge in [-0.15, -0.1) is 0 Å². The van der Waals surface area contributed by atoms with Gasteiger partial charge in [-0.25, -0.2) is 0 Å².